The van der Waals surface area contributed by atoms with Gasteiger partial charge >= 0.3 is 0 Å². The van der Waals surface area contributed by atoms with Crippen LogP contribution in [0.4, 0.5) is 5.69 Å². The van der Waals surface area contributed by atoms with Gasteiger partial charge in [-0.2, -0.15) is 0 Å². The van der Waals surface area contributed by atoms with E-state index in [2.05, 4.69) is 41.6 Å². The van der Waals surface area contributed by atoms with Crippen molar-refractivity contribution in [2.45, 2.75) is 33.1 Å². The third kappa shape index (κ3) is 5.43. The number of aromatic nitrogens is 1. The second-order valence-electron chi connectivity index (χ2n) is 8.01. The molecule has 1 amide bonds. The predicted molar refractivity (Wildman–Crippen MR) is 139 cm³/mol. The third-order valence-electron chi connectivity index (χ3n) is 5.59. The van der Waals surface area contributed by atoms with Gasteiger partial charge in [-0.15, -0.1) is 0 Å². The van der Waals surface area contributed by atoms with E-state index < -0.39 is 0 Å². The van der Waals surface area contributed by atoms with Crippen LogP contribution in [-0.4, -0.2) is 22.6 Å². The van der Waals surface area contributed by atoms with Gasteiger partial charge in [0.05, 0.1) is 6.61 Å². The Kier molecular flexibility index (Phi) is 7.23. The molecule has 7 heteroatoms. The Morgan fingerprint density at radius 3 is 2.71 bits per heavy atom. The van der Waals surface area contributed by atoms with Crippen LogP contribution in [-0.2, 0) is 0 Å². The number of benzene rings is 3. The van der Waals surface area contributed by atoms with E-state index in [1.807, 2.05) is 37.3 Å². The number of hydrogen-bond donors (Lipinski definition) is 2. The Balaban J connectivity index is 1.46. The summed E-state index contributed by atoms with van der Waals surface area (Å²) in [4.78, 5) is 17.3. The van der Waals surface area contributed by atoms with Crippen molar-refractivity contribution in [1.82, 2.24) is 10.3 Å². The number of ether oxygens (including phenoxy) is 1. The van der Waals surface area contributed by atoms with Crippen LogP contribution in [0.5, 0.6) is 5.75 Å². The molecule has 0 spiro atoms. The number of hydrogen-bond acceptors (Lipinski definition) is 5. The first-order chi connectivity index (χ1) is 16.5. The van der Waals surface area contributed by atoms with Gasteiger partial charge in [-0.3, -0.25) is 10.1 Å². The number of nitrogens with zero attached hydrogens (tertiary/aromatic N) is 1. The van der Waals surface area contributed by atoms with Crippen molar-refractivity contribution in [2.24, 2.45) is 0 Å². The van der Waals surface area contributed by atoms with Gasteiger partial charge in [0.15, 0.2) is 10.7 Å². The fourth-order valence-corrected chi connectivity index (χ4v) is 3.78. The number of anilines is 1. The molecule has 1 unspecified atom stereocenters. The quantitative estimate of drug-likeness (QED) is 0.297. The Morgan fingerprint density at radius 1 is 1.09 bits per heavy atom. The van der Waals surface area contributed by atoms with Crippen molar-refractivity contribution in [1.29, 1.82) is 0 Å². The Labute approximate surface area is 204 Å². The van der Waals surface area contributed by atoms with Crippen molar-refractivity contribution in [3.63, 3.8) is 0 Å². The Bertz CT molecular complexity index is 1330. The van der Waals surface area contributed by atoms with Crippen LogP contribution in [0.25, 0.3) is 22.6 Å². The van der Waals surface area contributed by atoms with E-state index in [4.69, 9.17) is 21.4 Å². The van der Waals surface area contributed by atoms with E-state index in [-0.39, 0.29) is 11.0 Å². The first-order valence-corrected chi connectivity index (χ1v) is 11.7. The molecule has 0 saturated heterocycles. The molecule has 4 rings (SSSR count). The summed E-state index contributed by atoms with van der Waals surface area (Å²) in [7, 11) is 0. The van der Waals surface area contributed by atoms with Crippen LogP contribution in [0, 0.1) is 0 Å². The number of fused-ring (bicyclic) bond motifs is 1. The number of rotatable bonds is 7. The van der Waals surface area contributed by atoms with Crippen molar-refractivity contribution in [3.8, 4) is 17.2 Å². The molecule has 174 valence electrons. The minimum Gasteiger partial charge on any atom is -0.494 e. The lowest BCUT2D eigenvalue weighted by Gasteiger charge is -2.11. The summed E-state index contributed by atoms with van der Waals surface area (Å²) in [5.41, 5.74) is 4.82. The van der Waals surface area contributed by atoms with Gasteiger partial charge in [-0.1, -0.05) is 32.0 Å². The molecule has 0 aliphatic heterocycles. The molecule has 34 heavy (non-hydrogen) atoms. The number of carbonyl (C=O) groups is 1. The maximum atomic E-state index is 12.6. The smallest absolute Gasteiger partial charge is 0.257 e. The monoisotopic (exact) mass is 473 g/mol. The van der Waals surface area contributed by atoms with Gasteiger partial charge in [0.2, 0.25) is 5.89 Å². The summed E-state index contributed by atoms with van der Waals surface area (Å²) in [6.45, 7) is 6.80. The van der Waals surface area contributed by atoms with Gasteiger partial charge in [-0.25, -0.2) is 4.98 Å². The fourth-order valence-electron chi connectivity index (χ4n) is 3.57. The number of oxazole rings is 1. The lowest BCUT2D eigenvalue weighted by Crippen LogP contribution is -2.34. The SMILES string of the molecule is CCOc1cccc(C(=O)NC(=S)Nc2cccc(-c3nc4cc(C(C)CC)ccc4o3)c2)c1. The van der Waals surface area contributed by atoms with Gasteiger partial charge in [0.25, 0.3) is 5.91 Å². The van der Waals surface area contributed by atoms with Crippen LogP contribution in [0.2, 0.25) is 0 Å². The summed E-state index contributed by atoms with van der Waals surface area (Å²) in [5.74, 6) is 1.32. The average Bonchev–Trinajstić information content (AvgIpc) is 3.27. The third-order valence-corrected chi connectivity index (χ3v) is 5.80. The van der Waals surface area contributed by atoms with Crippen molar-refractivity contribution in [3.05, 3.63) is 77.9 Å². The molecule has 1 heterocycles. The molecule has 0 fully saturated rings. The zero-order chi connectivity index (χ0) is 24.1. The fraction of sp³-hybridized carbons (Fsp3) is 0.222. The van der Waals surface area contributed by atoms with Crippen LogP contribution in [0.3, 0.4) is 0 Å². The number of carbonyl (C=O) groups excluding carboxylic acids is 1. The molecule has 0 aliphatic rings. The van der Waals surface area contributed by atoms with E-state index in [9.17, 15) is 4.79 Å². The van der Waals surface area contributed by atoms with Crippen LogP contribution < -0.4 is 15.4 Å². The summed E-state index contributed by atoms with van der Waals surface area (Å²) in [5, 5.41) is 5.95. The second-order valence-corrected chi connectivity index (χ2v) is 8.41. The molecular weight excluding hydrogens is 446 g/mol. The van der Waals surface area contributed by atoms with E-state index in [1.165, 1.54) is 5.56 Å². The lowest BCUT2D eigenvalue weighted by molar-refractivity contribution is 0.0977. The normalized spacial score (nSPS) is 11.7. The molecule has 0 saturated carbocycles. The molecule has 0 radical (unpaired) electrons. The van der Waals surface area contributed by atoms with Gasteiger partial charge in [0.1, 0.15) is 11.3 Å². The highest BCUT2D eigenvalue weighted by Crippen LogP contribution is 2.29. The molecule has 3 aromatic carbocycles. The minimum atomic E-state index is -0.314. The van der Waals surface area contributed by atoms with Gasteiger partial charge in [0, 0.05) is 16.8 Å². The van der Waals surface area contributed by atoms with E-state index >= 15 is 0 Å². The zero-order valence-electron chi connectivity index (χ0n) is 19.4. The summed E-state index contributed by atoms with van der Waals surface area (Å²) >= 11 is 5.35. The molecule has 0 aliphatic carbocycles. The van der Waals surface area contributed by atoms with Crippen LogP contribution in [0.1, 0.15) is 49.0 Å². The highest BCUT2D eigenvalue weighted by molar-refractivity contribution is 7.80. The summed E-state index contributed by atoms with van der Waals surface area (Å²) in [6, 6.07) is 20.7. The van der Waals surface area contributed by atoms with E-state index in [1.54, 1.807) is 24.3 Å². The topological polar surface area (TPSA) is 76.4 Å². The van der Waals surface area contributed by atoms with Gasteiger partial charge < -0.3 is 14.5 Å². The average molecular weight is 474 g/mol. The number of amides is 1. The van der Waals surface area contributed by atoms with Gasteiger partial charge in [-0.05, 0) is 85.6 Å². The minimum absolute atomic E-state index is 0.194. The first-order valence-electron chi connectivity index (χ1n) is 11.3. The van der Waals surface area contributed by atoms with E-state index in [0.717, 1.165) is 23.1 Å². The highest BCUT2D eigenvalue weighted by atomic mass is 32.1. The second kappa shape index (κ2) is 10.5. The molecule has 6 nitrogen and oxygen atoms in total. The molecule has 1 aromatic heterocycles. The summed E-state index contributed by atoms with van der Waals surface area (Å²) in [6.07, 6.45) is 1.07. The molecule has 1 atom stereocenters. The zero-order valence-corrected chi connectivity index (χ0v) is 20.2. The van der Waals surface area contributed by atoms with Crippen LogP contribution >= 0.6 is 12.2 Å². The number of thiocarbonyl (C=S) groups is 1. The Morgan fingerprint density at radius 2 is 1.91 bits per heavy atom. The van der Waals surface area contributed by atoms with E-state index in [0.29, 0.717) is 35.4 Å². The molecular formula is C27H27N3O3S. The lowest BCUT2D eigenvalue weighted by atomic mass is 9.98. The van der Waals surface area contributed by atoms with Crippen molar-refractivity contribution < 1.29 is 13.9 Å². The van der Waals surface area contributed by atoms with Crippen molar-refractivity contribution in [2.75, 3.05) is 11.9 Å². The maximum absolute atomic E-state index is 12.6. The standard InChI is InChI=1S/C27H27N3O3S/c1-4-17(3)18-12-13-24-23(16-18)29-26(33-24)20-9-6-10-21(14-20)28-27(34)30-25(31)19-8-7-11-22(15-19)32-5-2/h6-17H,4-5H2,1-3H3,(H2,28,30,31,34). The molecule has 4 aromatic rings. The first kappa shape index (κ1) is 23.4. The van der Waals surface area contributed by atoms with Crippen LogP contribution in [0.15, 0.2) is 71.1 Å². The van der Waals surface area contributed by atoms with Crippen molar-refractivity contribution >= 4 is 40.0 Å². The predicted octanol–water partition coefficient (Wildman–Crippen LogP) is 6.53. The molecule has 0 bridgehead atoms. The summed E-state index contributed by atoms with van der Waals surface area (Å²) < 4.78 is 11.4. The Hall–Kier alpha value is -3.71. The maximum Gasteiger partial charge on any atom is 0.257 e. The highest BCUT2D eigenvalue weighted by Gasteiger charge is 2.13. The largest absolute Gasteiger partial charge is 0.494 e. The number of nitrogens with one attached hydrogen (secondary N) is 2. The molecule has 2 N–H and O–H groups in total.